The van der Waals surface area contributed by atoms with Gasteiger partial charge in [-0.3, -0.25) is 4.79 Å². The number of aliphatic hydroxyl groups excluding tert-OH is 1. The van der Waals surface area contributed by atoms with Crippen LogP contribution in [0, 0.1) is 6.92 Å². The van der Waals surface area contributed by atoms with Crippen LogP contribution in [-0.4, -0.2) is 14.1 Å². The van der Waals surface area contributed by atoms with Gasteiger partial charge < -0.3 is 14.8 Å². The number of aromatic nitrogens is 1. The third kappa shape index (κ3) is 2.32. The van der Waals surface area contributed by atoms with Crippen LogP contribution in [0.4, 0.5) is 4.79 Å². The Morgan fingerprint density at radius 2 is 2.36 bits per heavy atom. The Morgan fingerprint density at radius 3 is 2.86 bits per heavy atom. The van der Waals surface area contributed by atoms with Crippen LogP contribution in [0.5, 0.6) is 5.75 Å². The first-order chi connectivity index (χ1) is 6.56. The van der Waals surface area contributed by atoms with E-state index in [0.717, 1.165) is 0 Å². The molecule has 5 nitrogen and oxygen atoms in total. The van der Waals surface area contributed by atoms with Crippen molar-refractivity contribution in [1.29, 1.82) is 0 Å². The summed E-state index contributed by atoms with van der Waals surface area (Å²) in [5, 5.41) is 8.81. The molecule has 0 spiro atoms. The second-order valence-electron chi connectivity index (χ2n) is 2.59. The summed E-state index contributed by atoms with van der Waals surface area (Å²) < 4.78 is 4.12. The maximum atomic E-state index is 11.5. The number of carbonyl (C=O) groups is 1. The minimum atomic E-state index is -0.591. The van der Waals surface area contributed by atoms with Gasteiger partial charge >= 0.3 is 3.98 Å². The molecule has 0 unspecified atom stereocenters. The number of hydrogen-bond donors (Lipinski definition) is 2. The maximum absolute atomic E-state index is 11.5. The topological polar surface area (TPSA) is 79.4 Å². The van der Waals surface area contributed by atoms with E-state index >= 15 is 0 Å². The SMILES string of the molecule is Cc1[nH]cc(CO)c(=O)c1OC(=O)I. The molecule has 76 valence electrons. The van der Waals surface area contributed by atoms with Crippen molar-refractivity contribution in [3.8, 4) is 5.75 Å². The van der Waals surface area contributed by atoms with E-state index in [2.05, 4.69) is 4.98 Å². The first-order valence-corrected chi connectivity index (χ1v) is 4.83. The van der Waals surface area contributed by atoms with Crippen LogP contribution in [0.15, 0.2) is 11.0 Å². The summed E-state index contributed by atoms with van der Waals surface area (Å²) in [7, 11) is 0. The van der Waals surface area contributed by atoms with Crippen molar-refractivity contribution in [3.05, 3.63) is 27.7 Å². The molecule has 0 aliphatic heterocycles. The average Bonchev–Trinajstić information content (AvgIpc) is 2.12. The summed E-state index contributed by atoms with van der Waals surface area (Å²) in [6.07, 6.45) is 1.39. The minimum Gasteiger partial charge on any atom is -0.413 e. The summed E-state index contributed by atoms with van der Waals surface area (Å²) >= 11 is 1.43. The Balaban J connectivity index is 3.25. The van der Waals surface area contributed by atoms with Gasteiger partial charge in [-0.2, -0.15) is 0 Å². The molecule has 1 aromatic heterocycles. The normalized spacial score (nSPS) is 9.93. The van der Waals surface area contributed by atoms with E-state index in [1.165, 1.54) is 28.8 Å². The van der Waals surface area contributed by atoms with Crippen molar-refractivity contribution in [2.45, 2.75) is 13.5 Å². The lowest BCUT2D eigenvalue weighted by Crippen LogP contribution is -2.16. The van der Waals surface area contributed by atoms with Gasteiger partial charge in [0.2, 0.25) is 5.43 Å². The van der Waals surface area contributed by atoms with Crippen LogP contribution in [0.25, 0.3) is 0 Å². The zero-order valence-corrected chi connectivity index (χ0v) is 9.49. The molecule has 14 heavy (non-hydrogen) atoms. The van der Waals surface area contributed by atoms with Crippen molar-refractivity contribution in [1.82, 2.24) is 4.98 Å². The largest absolute Gasteiger partial charge is 0.413 e. The predicted molar refractivity (Wildman–Crippen MR) is 57.8 cm³/mol. The van der Waals surface area contributed by atoms with Crippen molar-refractivity contribution < 1.29 is 14.6 Å². The van der Waals surface area contributed by atoms with Crippen LogP contribution < -0.4 is 10.2 Å². The van der Waals surface area contributed by atoms with Crippen LogP contribution in [0.3, 0.4) is 0 Å². The summed E-state index contributed by atoms with van der Waals surface area (Å²) in [6, 6.07) is 0. The van der Waals surface area contributed by atoms with E-state index in [1.54, 1.807) is 6.92 Å². The second kappa shape index (κ2) is 4.56. The van der Waals surface area contributed by atoms with E-state index < -0.39 is 9.40 Å². The number of nitrogens with one attached hydrogen (secondary N) is 1. The highest BCUT2D eigenvalue weighted by molar-refractivity contribution is 14.1. The molecule has 0 saturated heterocycles. The third-order valence-corrected chi connectivity index (χ3v) is 1.87. The summed E-state index contributed by atoms with van der Waals surface area (Å²) in [5.74, 6) is -0.0593. The molecule has 1 rings (SSSR count). The lowest BCUT2D eigenvalue weighted by molar-refractivity contribution is 0.228. The maximum Gasteiger partial charge on any atom is 0.372 e. The number of aryl methyl sites for hydroxylation is 1. The molecule has 6 heteroatoms. The minimum absolute atomic E-state index is 0.0593. The number of aliphatic hydroxyl groups is 1. The molecule has 2 N–H and O–H groups in total. The molecule has 0 radical (unpaired) electrons. The third-order valence-electron chi connectivity index (χ3n) is 1.65. The number of carbonyl (C=O) groups excluding carboxylic acids is 1. The van der Waals surface area contributed by atoms with Gasteiger partial charge in [-0.05, 0) is 6.92 Å². The monoisotopic (exact) mass is 309 g/mol. The highest BCUT2D eigenvalue weighted by Crippen LogP contribution is 2.12. The zero-order chi connectivity index (χ0) is 10.7. The highest BCUT2D eigenvalue weighted by atomic mass is 127. The zero-order valence-electron chi connectivity index (χ0n) is 7.33. The number of aromatic amines is 1. The van der Waals surface area contributed by atoms with E-state index in [-0.39, 0.29) is 17.9 Å². The summed E-state index contributed by atoms with van der Waals surface area (Å²) in [5.41, 5.74) is 0.161. The Labute approximate surface area is 93.2 Å². The fourth-order valence-corrected chi connectivity index (χ4v) is 1.18. The molecule has 0 fully saturated rings. The van der Waals surface area contributed by atoms with Crippen LogP contribution in [0.2, 0.25) is 0 Å². The van der Waals surface area contributed by atoms with Gasteiger partial charge in [-0.1, -0.05) is 0 Å². The van der Waals surface area contributed by atoms with Gasteiger partial charge in [-0.25, -0.2) is 4.79 Å². The number of hydrogen-bond acceptors (Lipinski definition) is 4. The number of H-pyrrole nitrogens is 1. The first kappa shape index (κ1) is 11.2. The van der Waals surface area contributed by atoms with E-state index in [1.807, 2.05) is 0 Å². The molecule has 0 bridgehead atoms. The van der Waals surface area contributed by atoms with Gasteiger partial charge in [-0.15, -0.1) is 0 Å². The van der Waals surface area contributed by atoms with Gasteiger partial charge in [0.1, 0.15) is 0 Å². The van der Waals surface area contributed by atoms with Gasteiger partial charge in [0.15, 0.2) is 5.75 Å². The average molecular weight is 309 g/mol. The predicted octanol–water partition coefficient (Wildman–Crippen LogP) is 1.11. The molecule has 0 amide bonds. The van der Waals surface area contributed by atoms with E-state index in [4.69, 9.17) is 9.84 Å². The second-order valence-corrected chi connectivity index (χ2v) is 3.48. The number of halogens is 1. The molecule has 1 heterocycles. The van der Waals surface area contributed by atoms with Crippen molar-refractivity contribution in [2.75, 3.05) is 0 Å². The number of rotatable bonds is 2. The standard InChI is InChI=1S/C8H8INO4/c1-4-7(14-8(9)13)6(12)5(3-11)2-10-4/h2,11H,3H2,1H3,(H,10,12). The molecule has 1 aromatic rings. The molecule has 0 saturated carbocycles. The molecular formula is C8H8INO4. The van der Waals surface area contributed by atoms with Crippen LogP contribution in [0.1, 0.15) is 11.3 Å². The molecule has 0 aromatic carbocycles. The lowest BCUT2D eigenvalue weighted by Gasteiger charge is -2.04. The number of ether oxygens (including phenoxy) is 1. The fraction of sp³-hybridized carbons (Fsp3) is 0.250. The smallest absolute Gasteiger partial charge is 0.372 e. The van der Waals surface area contributed by atoms with E-state index in [9.17, 15) is 9.59 Å². The Kier molecular flexibility index (Phi) is 3.64. The van der Waals surface area contributed by atoms with Crippen molar-refractivity contribution >= 4 is 26.6 Å². The van der Waals surface area contributed by atoms with E-state index in [0.29, 0.717) is 5.69 Å². The van der Waals surface area contributed by atoms with Crippen molar-refractivity contribution in [2.24, 2.45) is 0 Å². The fourth-order valence-electron chi connectivity index (χ4n) is 0.963. The van der Waals surface area contributed by atoms with Gasteiger partial charge in [0.05, 0.1) is 34.9 Å². The summed E-state index contributed by atoms with van der Waals surface area (Å²) in [6.45, 7) is 1.22. The van der Waals surface area contributed by atoms with Gasteiger partial charge in [0.25, 0.3) is 0 Å². The Morgan fingerprint density at radius 1 is 1.71 bits per heavy atom. The molecule has 0 atom stereocenters. The lowest BCUT2D eigenvalue weighted by atomic mass is 10.2. The molecule has 0 aliphatic rings. The van der Waals surface area contributed by atoms with Gasteiger partial charge in [0, 0.05) is 11.8 Å². The summed E-state index contributed by atoms with van der Waals surface area (Å²) in [4.78, 5) is 24.9. The number of pyridine rings is 1. The molecular weight excluding hydrogens is 301 g/mol. The first-order valence-electron chi connectivity index (χ1n) is 3.75. The van der Waals surface area contributed by atoms with Crippen molar-refractivity contribution in [3.63, 3.8) is 0 Å². The molecule has 0 aliphatic carbocycles. The van der Waals surface area contributed by atoms with Crippen LogP contribution in [-0.2, 0) is 6.61 Å². The Bertz CT molecular complexity index is 412. The highest BCUT2D eigenvalue weighted by Gasteiger charge is 2.11. The quantitative estimate of drug-likeness (QED) is 0.633. The van der Waals surface area contributed by atoms with Crippen LogP contribution >= 0.6 is 22.6 Å². The Hall–Kier alpha value is -0.890.